The summed E-state index contributed by atoms with van der Waals surface area (Å²) in [7, 11) is 0. The van der Waals surface area contributed by atoms with Gasteiger partial charge >= 0.3 is 0 Å². The van der Waals surface area contributed by atoms with Gasteiger partial charge in [0.1, 0.15) is 0 Å². The summed E-state index contributed by atoms with van der Waals surface area (Å²) in [6.45, 7) is 2.33. The molecule has 0 amide bonds. The largest absolute Gasteiger partial charge is 0.387 e. The lowest BCUT2D eigenvalue weighted by atomic mass is 10.1. The van der Waals surface area contributed by atoms with Gasteiger partial charge in [-0.25, -0.2) is 0 Å². The quantitative estimate of drug-likeness (QED) is 0.807. The van der Waals surface area contributed by atoms with E-state index in [1.54, 1.807) is 18.2 Å². The van der Waals surface area contributed by atoms with Gasteiger partial charge in [0.05, 0.1) is 12.1 Å². The molecule has 2 atom stereocenters. The van der Waals surface area contributed by atoms with E-state index in [0.29, 0.717) is 22.2 Å². The molecular weight excluding hydrogens is 257 g/mol. The number of nitrogens with one attached hydrogen (secondary N) is 1. The van der Waals surface area contributed by atoms with Crippen molar-refractivity contribution >= 4 is 23.2 Å². The molecule has 1 aromatic rings. The van der Waals surface area contributed by atoms with Crippen molar-refractivity contribution in [3.8, 4) is 12.3 Å². The maximum absolute atomic E-state index is 9.99. The minimum Gasteiger partial charge on any atom is -0.387 e. The Morgan fingerprint density at radius 3 is 2.76 bits per heavy atom. The fourth-order valence-corrected chi connectivity index (χ4v) is 1.88. The maximum atomic E-state index is 9.99. The van der Waals surface area contributed by atoms with Crippen LogP contribution in [0.5, 0.6) is 0 Å². The van der Waals surface area contributed by atoms with E-state index in [0.717, 1.165) is 6.42 Å². The van der Waals surface area contributed by atoms with Gasteiger partial charge < -0.3 is 10.4 Å². The van der Waals surface area contributed by atoms with Crippen LogP contribution >= 0.6 is 23.2 Å². The third-order valence-electron chi connectivity index (χ3n) is 2.48. The Balaban J connectivity index is 2.67. The van der Waals surface area contributed by atoms with Crippen molar-refractivity contribution < 1.29 is 5.11 Å². The monoisotopic (exact) mass is 271 g/mol. The molecule has 0 radical (unpaired) electrons. The summed E-state index contributed by atoms with van der Waals surface area (Å²) in [5.41, 5.74) is 0.610. The van der Waals surface area contributed by atoms with Gasteiger partial charge in [0.25, 0.3) is 0 Å². The molecule has 0 fully saturated rings. The zero-order chi connectivity index (χ0) is 12.8. The number of hydrogen-bond acceptors (Lipinski definition) is 2. The van der Waals surface area contributed by atoms with Crippen LogP contribution in [0.4, 0.5) is 0 Å². The number of aliphatic hydroxyl groups excluding tert-OH is 1. The number of hydrogen-bond donors (Lipinski definition) is 2. The molecule has 1 aromatic carbocycles. The molecule has 0 aromatic heterocycles. The molecule has 0 saturated heterocycles. The van der Waals surface area contributed by atoms with Crippen molar-refractivity contribution in [3.05, 3.63) is 33.8 Å². The van der Waals surface area contributed by atoms with Crippen molar-refractivity contribution in [1.29, 1.82) is 0 Å². The molecule has 0 spiro atoms. The van der Waals surface area contributed by atoms with Gasteiger partial charge in [0, 0.05) is 22.2 Å². The van der Waals surface area contributed by atoms with Crippen LogP contribution in [0, 0.1) is 12.3 Å². The average Bonchev–Trinajstić information content (AvgIpc) is 2.33. The number of terminal acetylenes is 1. The second-order valence-corrected chi connectivity index (χ2v) is 4.56. The Morgan fingerprint density at radius 1 is 1.47 bits per heavy atom. The summed E-state index contributed by atoms with van der Waals surface area (Å²) in [5, 5.41) is 14.1. The van der Waals surface area contributed by atoms with E-state index in [9.17, 15) is 5.11 Å². The zero-order valence-corrected chi connectivity index (χ0v) is 11.1. The van der Waals surface area contributed by atoms with Gasteiger partial charge in [-0.3, -0.25) is 0 Å². The van der Waals surface area contributed by atoms with E-state index in [2.05, 4.69) is 11.2 Å². The SMILES string of the molecule is C#CC(CC)NCC(O)c1cc(Cl)ccc1Cl. The van der Waals surface area contributed by atoms with Crippen LogP contribution in [0.2, 0.25) is 10.0 Å². The second kappa shape index (κ2) is 6.88. The molecule has 17 heavy (non-hydrogen) atoms. The van der Waals surface area contributed by atoms with Crippen LogP contribution < -0.4 is 5.32 Å². The Bertz CT molecular complexity index is 414. The molecule has 1 rings (SSSR count). The molecule has 2 unspecified atom stereocenters. The van der Waals surface area contributed by atoms with E-state index in [1.807, 2.05) is 6.92 Å². The number of benzene rings is 1. The van der Waals surface area contributed by atoms with Crippen LogP contribution in [0.15, 0.2) is 18.2 Å². The molecule has 0 aliphatic rings. The van der Waals surface area contributed by atoms with Crippen LogP contribution in [0.1, 0.15) is 25.0 Å². The van der Waals surface area contributed by atoms with E-state index in [4.69, 9.17) is 29.6 Å². The summed E-state index contributed by atoms with van der Waals surface area (Å²) in [6, 6.07) is 4.97. The van der Waals surface area contributed by atoms with Crippen molar-refractivity contribution in [2.75, 3.05) is 6.54 Å². The summed E-state index contributed by atoms with van der Waals surface area (Å²) in [4.78, 5) is 0. The topological polar surface area (TPSA) is 32.3 Å². The number of aliphatic hydroxyl groups is 1. The highest BCUT2D eigenvalue weighted by atomic mass is 35.5. The van der Waals surface area contributed by atoms with Crippen LogP contribution in [-0.4, -0.2) is 17.7 Å². The first kappa shape index (κ1) is 14.3. The minimum atomic E-state index is -0.719. The lowest BCUT2D eigenvalue weighted by Crippen LogP contribution is -2.31. The molecule has 0 bridgehead atoms. The Kier molecular flexibility index (Phi) is 5.80. The van der Waals surface area contributed by atoms with Crippen molar-refractivity contribution in [3.63, 3.8) is 0 Å². The van der Waals surface area contributed by atoms with Gasteiger partial charge in [-0.15, -0.1) is 6.42 Å². The van der Waals surface area contributed by atoms with Gasteiger partial charge in [-0.05, 0) is 24.6 Å². The van der Waals surface area contributed by atoms with E-state index >= 15 is 0 Å². The lowest BCUT2D eigenvalue weighted by molar-refractivity contribution is 0.172. The molecule has 0 saturated carbocycles. The van der Waals surface area contributed by atoms with Gasteiger partial charge in [-0.2, -0.15) is 0 Å². The molecule has 4 heteroatoms. The predicted octanol–water partition coefficient (Wildman–Crippen LogP) is 3.03. The highest BCUT2D eigenvalue weighted by Crippen LogP contribution is 2.26. The van der Waals surface area contributed by atoms with Gasteiger partial charge in [-0.1, -0.05) is 36.0 Å². The zero-order valence-electron chi connectivity index (χ0n) is 9.58. The van der Waals surface area contributed by atoms with E-state index < -0.39 is 6.10 Å². The second-order valence-electron chi connectivity index (χ2n) is 3.72. The minimum absolute atomic E-state index is 0.0393. The van der Waals surface area contributed by atoms with Crippen molar-refractivity contribution in [2.45, 2.75) is 25.5 Å². The smallest absolute Gasteiger partial charge is 0.0929 e. The van der Waals surface area contributed by atoms with Crippen molar-refractivity contribution in [2.24, 2.45) is 0 Å². The van der Waals surface area contributed by atoms with Crippen molar-refractivity contribution in [1.82, 2.24) is 5.32 Å². The average molecular weight is 272 g/mol. The maximum Gasteiger partial charge on any atom is 0.0929 e. The predicted molar refractivity (Wildman–Crippen MR) is 72.3 cm³/mol. The number of halogens is 2. The summed E-state index contributed by atoms with van der Waals surface area (Å²) in [5.74, 6) is 2.60. The third kappa shape index (κ3) is 4.22. The molecular formula is C13H15Cl2NO. The molecule has 0 heterocycles. The molecule has 0 aliphatic carbocycles. The van der Waals surface area contributed by atoms with E-state index in [-0.39, 0.29) is 6.04 Å². The van der Waals surface area contributed by atoms with Gasteiger partial charge in [0.15, 0.2) is 0 Å². The van der Waals surface area contributed by atoms with Crippen LogP contribution in [0.25, 0.3) is 0 Å². The molecule has 2 N–H and O–H groups in total. The standard InChI is InChI=1S/C13H15Cl2NO/c1-3-10(4-2)16-8-13(17)11-7-9(14)5-6-12(11)15/h1,5-7,10,13,16-17H,4,8H2,2H3. The summed E-state index contributed by atoms with van der Waals surface area (Å²) >= 11 is 11.8. The summed E-state index contributed by atoms with van der Waals surface area (Å²) < 4.78 is 0. The van der Waals surface area contributed by atoms with Crippen LogP contribution in [-0.2, 0) is 0 Å². The molecule has 2 nitrogen and oxygen atoms in total. The Hall–Kier alpha value is -0.720. The first-order valence-electron chi connectivity index (χ1n) is 5.41. The summed E-state index contributed by atoms with van der Waals surface area (Å²) in [6.07, 6.45) is 5.41. The first-order valence-corrected chi connectivity index (χ1v) is 6.16. The Labute approximate surface area is 112 Å². The number of rotatable bonds is 5. The fourth-order valence-electron chi connectivity index (χ4n) is 1.45. The molecule has 0 aliphatic heterocycles. The van der Waals surface area contributed by atoms with E-state index in [1.165, 1.54) is 0 Å². The lowest BCUT2D eigenvalue weighted by Gasteiger charge is -2.16. The normalized spacial score (nSPS) is 14.1. The van der Waals surface area contributed by atoms with Gasteiger partial charge in [0.2, 0.25) is 0 Å². The highest BCUT2D eigenvalue weighted by Gasteiger charge is 2.13. The third-order valence-corrected chi connectivity index (χ3v) is 3.06. The van der Waals surface area contributed by atoms with Crippen LogP contribution in [0.3, 0.4) is 0 Å². The Morgan fingerprint density at radius 2 is 2.18 bits per heavy atom. The fraction of sp³-hybridized carbons (Fsp3) is 0.385. The molecule has 92 valence electrons. The first-order chi connectivity index (χ1) is 8.08. The highest BCUT2D eigenvalue weighted by molar-refractivity contribution is 6.33.